The molecule has 1 saturated heterocycles. The highest BCUT2D eigenvalue weighted by atomic mass is 35.5. The molecule has 0 radical (unpaired) electrons. The number of rotatable bonds is 11. The van der Waals surface area contributed by atoms with E-state index in [0.29, 0.717) is 0 Å². The first-order valence-electron chi connectivity index (χ1n) is 11.5. The molecule has 0 amide bonds. The monoisotopic (exact) mass is 498 g/mol. The van der Waals surface area contributed by atoms with Crippen molar-refractivity contribution in [3.8, 4) is 11.5 Å². The van der Waals surface area contributed by atoms with Gasteiger partial charge in [0.2, 0.25) is 0 Å². The van der Waals surface area contributed by atoms with Crippen LogP contribution in [0.25, 0.3) is 0 Å². The number of piperidine rings is 1. The van der Waals surface area contributed by atoms with E-state index in [9.17, 15) is 5.11 Å². The number of anilines is 1. The second-order valence-corrected chi connectivity index (χ2v) is 8.72. The van der Waals surface area contributed by atoms with Crippen LogP contribution in [0.3, 0.4) is 0 Å². The third kappa shape index (κ3) is 9.24. The average molecular weight is 500 g/mol. The maximum Gasteiger partial charge on any atom is 0.119 e. The molecule has 0 spiro atoms. The molecule has 3 rings (SSSR count). The fraction of sp³-hybridized carbons (Fsp3) is 0.538. The van der Waals surface area contributed by atoms with Gasteiger partial charge in [-0.05, 0) is 67.6 Å². The third-order valence-corrected chi connectivity index (χ3v) is 6.31. The second-order valence-electron chi connectivity index (χ2n) is 8.72. The van der Waals surface area contributed by atoms with Crippen LogP contribution in [0.15, 0.2) is 48.5 Å². The fourth-order valence-electron chi connectivity index (χ4n) is 4.00. The largest absolute Gasteiger partial charge is 0.497 e. The Morgan fingerprint density at radius 2 is 1.58 bits per heavy atom. The van der Waals surface area contributed by atoms with Crippen molar-refractivity contribution < 1.29 is 14.6 Å². The minimum atomic E-state index is -0.576. The normalized spacial score (nSPS) is 15.2. The number of halogens is 2. The van der Waals surface area contributed by atoms with E-state index in [2.05, 4.69) is 48.0 Å². The molecule has 186 valence electrons. The van der Waals surface area contributed by atoms with Gasteiger partial charge in [-0.2, -0.15) is 0 Å². The predicted molar refractivity (Wildman–Crippen MR) is 142 cm³/mol. The van der Waals surface area contributed by atoms with Crippen molar-refractivity contribution in [3.05, 3.63) is 54.1 Å². The summed E-state index contributed by atoms with van der Waals surface area (Å²) in [5.41, 5.74) is 1.87. The highest BCUT2D eigenvalue weighted by Crippen LogP contribution is 2.28. The zero-order valence-electron chi connectivity index (χ0n) is 20.2. The van der Waals surface area contributed by atoms with E-state index < -0.39 is 5.60 Å². The van der Waals surface area contributed by atoms with E-state index in [-0.39, 0.29) is 24.8 Å². The summed E-state index contributed by atoms with van der Waals surface area (Å²) < 4.78 is 11.0. The van der Waals surface area contributed by atoms with Crippen LogP contribution in [0, 0.1) is 0 Å². The van der Waals surface area contributed by atoms with Crippen molar-refractivity contribution in [2.45, 2.75) is 51.2 Å². The van der Waals surface area contributed by atoms with Crippen molar-refractivity contribution >= 4 is 30.5 Å². The quantitative estimate of drug-likeness (QED) is 0.410. The fourth-order valence-corrected chi connectivity index (χ4v) is 4.00. The van der Waals surface area contributed by atoms with E-state index in [4.69, 9.17) is 9.47 Å². The molecule has 0 atom stereocenters. The van der Waals surface area contributed by atoms with Gasteiger partial charge in [0.25, 0.3) is 0 Å². The van der Waals surface area contributed by atoms with E-state index in [0.717, 1.165) is 82.1 Å². The lowest BCUT2D eigenvalue weighted by atomic mass is 9.88. The van der Waals surface area contributed by atoms with Gasteiger partial charge in [-0.1, -0.05) is 25.5 Å². The Bertz CT molecular complexity index is 779. The number of likely N-dealkylation sites (tertiary alicyclic amines) is 1. The summed E-state index contributed by atoms with van der Waals surface area (Å²) in [6.45, 7) is 6.55. The molecule has 7 heteroatoms. The zero-order valence-corrected chi connectivity index (χ0v) is 21.8. The molecule has 0 aromatic heterocycles. The van der Waals surface area contributed by atoms with Crippen LogP contribution in [0.2, 0.25) is 0 Å². The number of aliphatic hydroxyl groups is 1. The van der Waals surface area contributed by atoms with Crippen LogP contribution in [-0.4, -0.2) is 56.0 Å². The summed E-state index contributed by atoms with van der Waals surface area (Å²) in [5.74, 6) is 1.81. The topological polar surface area (TPSA) is 45.2 Å². The molecule has 1 fully saturated rings. The molecule has 0 saturated carbocycles. The molecule has 0 unspecified atom stereocenters. The number of nitrogens with zero attached hydrogens (tertiary/aromatic N) is 2. The molecule has 1 N–H and O–H groups in total. The minimum Gasteiger partial charge on any atom is -0.497 e. The van der Waals surface area contributed by atoms with Crippen LogP contribution in [-0.2, 0) is 6.54 Å². The minimum absolute atomic E-state index is 0. The molecule has 1 aliphatic heterocycles. The molecule has 2 aromatic rings. The van der Waals surface area contributed by atoms with Crippen LogP contribution >= 0.6 is 24.8 Å². The smallest absolute Gasteiger partial charge is 0.119 e. The van der Waals surface area contributed by atoms with E-state index in [1.807, 2.05) is 24.3 Å². The van der Waals surface area contributed by atoms with Crippen LogP contribution in [0.5, 0.6) is 11.5 Å². The van der Waals surface area contributed by atoms with E-state index in [1.165, 1.54) is 5.56 Å². The summed E-state index contributed by atoms with van der Waals surface area (Å²) >= 11 is 0. The molecule has 2 aromatic carbocycles. The Kier molecular flexibility index (Phi) is 13.0. The molecular weight excluding hydrogens is 459 g/mol. The lowest BCUT2D eigenvalue weighted by molar-refractivity contribution is -0.0275. The van der Waals surface area contributed by atoms with Gasteiger partial charge in [-0.3, -0.25) is 4.90 Å². The van der Waals surface area contributed by atoms with Crippen LogP contribution in [0.4, 0.5) is 5.69 Å². The van der Waals surface area contributed by atoms with Crippen LogP contribution in [0.1, 0.15) is 44.6 Å². The molecular formula is C26H40Cl2N2O3. The Morgan fingerprint density at radius 1 is 0.970 bits per heavy atom. The number of methoxy groups -OCH3 is 1. The Morgan fingerprint density at radius 3 is 2.15 bits per heavy atom. The molecule has 0 aliphatic carbocycles. The average Bonchev–Trinajstić information content (AvgIpc) is 2.80. The summed E-state index contributed by atoms with van der Waals surface area (Å²) in [5, 5.41) is 11.1. The highest BCUT2D eigenvalue weighted by Gasteiger charge is 2.32. The first kappa shape index (κ1) is 29.4. The summed E-state index contributed by atoms with van der Waals surface area (Å²) in [7, 11) is 3.78. The second kappa shape index (κ2) is 14.6. The lowest BCUT2D eigenvalue weighted by Gasteiger charge is -2.39. The Hall–Kier alpha value is -1.66. The molecule has 5 nitrogen and oxygen atoms in total. The summed E-state index contributed by atoms with van der Waals surface area (Å²) in [6.07, 6.45) is 4.65. The van der Waals surface area contributed by atoms with Gasteiger partial charge in [0.1, 0.15) is 11.5 Å². The molecule has 1 aliphatic rings. The number of hydrogen-bond donors (Lipinski definition) is 1. The van der Waals surface area contributed by atoms with Gasteiger partial charge in [0, 0.05) is 38.9 Å². The predicted octanol–water partition coefficient (Wildman–Crippen LogP) is 5.57. The van der Waals surface area contributed by atoms with Gasteiger partial charge >= 0.3 is 0 Å². The van der Waals surface area contributed by atoms with Gasteiger partial charge in [0.15, 0.2) is 0 Å². The van der Waals surface area contributed by atoms with Gasteiger partial charge < -0.3 is 19.5 Å². The molecule has 33 heavy (non-hydrogen) atoms. The van der Waals surface area contributed by atoms with Crippen molar-refractivity contribution in [2.75, 3.05) is 45.3 Å². The standard InChI is InChI=1S/C26H38N2O3.2ClH/c1-4-5-20-31-25-12-8-23(9-13-25)27(2)17-14-26(29)15-18-28(19-16-26)21-22-6-10-24(30-3)11-7-22;;/h6-13,29H,4-5,14-21H2,1-3H3;2*1H. The van der Waals surface area contributed by atoms with E-state index in [1.54, 1.807) is 7.11 Å². The van der Waals surface area contributed by atoms with Crippen molar-refractivity contribution in [1.82, 2.24) is 4.90 Å². The lowest BCUT2D eigenvalue weighted by Crippen LogP contribution is -2.45. The van der Waals surface area contributed by atoms with E-state index >= 15 is 0 Å². The Balaban J connectivity index is 0.00000272. The van der Waals surface area contributed by atoms with Crippen LogP contribution < -0.4 is 14.4 Å². The third-order valence-electron chi connectivity index (χ3n) is 6.31. The SMILES string of the molecule is CCCCOc1ccc(N(C)CCC2(O)CCN(Cc3ccc(OC)cc3)CC2)cc1.Cl.Cl. The first-order valence-corrected chi connectivity index (χ1v) is 11.5. The summed E-state index contributed by atoms with van der Waals surface area (Å²) in [4.78, 5) is 4.65. The zero-order chi connectivity index (χ0) is 22.1. The number of benzene rings is 2. The number of hydrogen-bond acceptors (Lipinski definition) is 5. The summed E-state index contributed by atoms with van der Waals surface area (Å²) in [6, 6.07) is 16.5. The molecule has 0 bridgehead atoms. The van der Waals surface area contributed by atoms with Crippen molar-refractivity contribution in [1.29, 1.82) is 0 Å². The number of unbranched alkanes of at least 4 members (excludes halogenated alkanes) is 1. The van der Waals surface area contributed by atoms with Gasteiger partial charge in [-0.25, -0.2) is 0 Å². The van der Waals surface area contributed by atoms with Crippen molar-refractivity contribution in [3.63, 3.8) is 0 Å². The Labute approximate surface area is 211 Å². The number of ether oxygens (including phenoxy) is 2. The maximum absolute atomic E-state index is 11.1. The first-order chi connectivity index (χ1) is 15.0. The van der Waals surface area contributed by atoms with Gasteiger partial charge in [-0.15, -0.1) is 24.8 Å². The van der Waals surface area contributed by atoms with Crippen molar-refractivity contribution in [2.24, 2.45) is 0 Å². The molecule has 1 heterocycles. The highest BCUT2D eigenvalue weighted by molar-refractivity contribution is 5.85. The maximum atomic E-state index is 11.1. The van der Waals surface area contributed by atoms with Gasteiger partial charge in [0.05, 0.1) is 19.3 Å².